The number of rotatable bonds is 5. The third kappa shape index (κ3) is 3.53. The molecule has 0 unspecified atom stereocenters. The average Bonchev–Trinajstić information content (AvgIpc) is 3.11. The fraction of sp³-hybridized carbons (Fsp3) is 0.235. The van der Waals surface area contributed by atoms with Gasteiger partial charge in [-0.25, -0.2) is 13.1 Å². The molecule has 3 rings (SSSR count). The first-order chi connectivity index (χ1) is 11.9. The van der Waals surface area contributed by atoms with Crippen molar-refractivity contribution in [1.29, 1.82) is 0 Å². The summed E-state index contributed by atoms with van der Waals surface area (Å²) in [6.07, 6.45) is 1.46. The predicted octanol–water partition coefficient (Wildman–Crippen LogP) is 2.89. The maximum Gasteiger partial charge on any atom is 0.261 e. The molecule has 0 fully saturated rings. The van der Waals surface area contributed by atoms with Crippen molar-refractivity contribution in [1.82, 2.24) is 20.2 Å². The van der Waals surface area contributed by atoms with Gasteiger partial charge in [0.05, 0.1) is 16.3 Å². The highest BCUT2D eigenvalue weighted by Gasteiger charge is 2.17. The van der Waals surface area contributed by atoms with Crippen molar-refractivity contribution in [3.8, 4) is 5.69 Å². The molecule has 0 saturated heterocycles. The fourth-order valence-electron chi connectivity index (χ4n) is 2.49. The number of sulfonamides is 1. The Kier molecular flexibility index (Phi) is 4.54. The van der Waals surface area contributed by atoms with Gasteiger partial charge in [-0.3, -0.25) is 4.72 Å². The minimum absolute atomic E-state index is 0.226. The average molecular weight is 357 g/mol. The normalized spacial score (nSPS) is 11.7. The third-order valence-corrected chi connectivity index (χ3v) is 5.38. The zero-order valence-corrected chi connectivity index (χ0v) is 15.0. The maximum absolute atomic E-state index is 12.7. The molecule has 0 spiro atoms. The number of nitrogens with one attached hydrogen (secondary N) is 1. The predicted molar refractivity (Wildman–Crippen MR) is 95.2 cm³/mol. The lowest BCUT2D eigenvalue weighted by Gasteiger charge is -2.14. The molecule has 7 nitrogen and oxygen atoms in total. The number of benzene rings is 2. The van der Waals surface area contributed by atoms with Crippen molar-refractivity contribution in [3.63, 3.8) is 0 Å². The van der Waals surface area contributed by atoms with Gasteiger partial charge < -0.3 is 0 Å². The number of hydrogen-bond acceptors (Lipinski definition) is 5. The van der Waals surface area contributed by atoms with Crippen molar-refractivity contribution in [2.45, 2.75) is 31.6 Å². The molecular weight excluding hydrogens is 338 g/mol. The van der Waals surface area contributed by atoms with Gasteiger partial charge in [0, 0.05) is 0 Å². The fourth-order valence-corrected chi connectivity index (χ4v) is 3.61. The molecule has 1 N–H and O–H groups in total. The van der Waals surface area contributed by atoms with Crippen molar-refractivity contribution in [2.75, 3.05) is 4.72 Å². The molecule has 0 radical (unpaired) electrons. The van der Waals surface area contributed by atoms with Crippen LogP contribution in [0.25, 0.3) is 5.69 Å². The first-order valence-electron chi connectivity index (χ1n) is 7.84. The molecule has 1 aromatic heterocycles. The van der Waals surface area contributed by atoms with E-state index in [1.165, 1.54) is 11.0 Å². The van der Waals surface area contributed by atoms with Crippen LogP contribution in [-0.2, 0) is 10.0 Å². The molecule has 1 heterocycles. The summed E-state index contributed by atoms with van der Waals surface area (Å²) >= 11 is 0. The Balaban J connectivity index is 1.92. The number of anilines is 1. The van der Waals surface area contributed by atoms with Gasteiger partial charge >= 0.3 is 0 Å². The Morgan fingerprint density at radius 1 is 1.08 bits per heavy atom. The molecular formula is C17H19N5O2S. The minimum atomic E-state index is -3.67. The molecule has 25 heavy (non-hydrogen) atoms. The van der Waals surface area contributed by atoms with Gasteiger partial charge in [-0.2, -0.15) is 0 Å². The SMILES string of the molecule is Cc1c(NS(=O)(=O)c2ccc(C(C)C)cc2)cccc1-n1cnnn1. The molecule has 0 atom stereocenters. The van der Waals surface area contributed by atoms with Crippen molar-refractivity contribution in [3.05, 3.63) is 59.9 Å². The molecule has 0 aliphatic heterocycles. The van der Waals surface area contributed by atoms with Gasteiger partial charge in [0.1, 0.15) is 6.33 Å². The molecule has 0 aliphatic rings. The zero-order chi connectivity index (χ0) is 18.0. The van der Waals surface area contributed by atoms with E-state index in [-0.39, 0.29) is 4.90 Å². The number of nitrogens with zero attached hydrogens (tertiary/aromatic N) is 4. The highest BCUT2D eigenvalue weighted by atomic mass is 32.2. The first kappa shape index (κ1) is 17.1. The molecule has 2 aromatic carbocycles. The van der Waals surface area contributed by atoms with E-state index in [0.717, 1.165) is 11.1 Å². The van der Waals surface area contributed by atoms with Crippen LogP contribution in [0.1, 0.15) is 30.9 Å². The van der Waals surface area contributed by atoms with Crippen LogP contribution in [-0.4, -0.2) is 28.6 Å². The van der Waals surface area contributed by atoms with Crippen molar-refractivity contribution in [2.24, 2.45) is 0 Å². The van der Waals surface area contributed by atoms with Crippen LogP contribution in [0.3, 0.4) is 0 Å². The third-order valence-electron chi connectivity index (χ3n) is 4.00. The molecule has 3 aromatic rings. The van der Waals surface area contributed by atoms with Crippen LogP contribution >= 0.6 is 0 Å². The van der Waals surface area contributed by atoms with Gasteiger partial charge in [-0.05, 0) is 58.7 Å². The summed E-state index contributed by atoms with van der Waals surface area (Å²) in [4.78, 5) is 0.226. The Morgan fingerprint density at radius 2 is 1.80 bits per heavy atom. The summed E-state index contributed by atoms with van der Waals surface area (Å²) in [5, 5.41) is 11.1. The Bertz CT molecular complexity index is 965. The van der Waals surface area contributed by atoms with Crippen LogP contribution < -0.4 is 4.72 Å². The lowest BCUT2D eigenvalue weighted by Crippen LogP contribution is -2.14. The van der Waals surface area contributed by atoms with Gasteiger partial charge in [0.25, 0.3) is 10.0 Å². The molecule has 0 bridgehead atoms. The second-order valence-corrected chi connectivity index (χ2v) is 7.72. The first-order valence-corrected chi connectivity index (χ1v) is 9.32. The summed E-state index contributed by atoms with van der Waals surface area (Å²) in [6.45, 7) is 5.95. The summed E-state index contributed by atoms with van der Waals surface area (Å²) in [5.74, 6) is 0.347. The summed E-state index contributed by atoms with van der Waals surface area (Å²) < 4.78 is 29.5. The van der Waals surface area contributed by atoms with E-state index < -0.39 is 10.0 Å². The summed E-state index contributed by atoms with van der Waals surface area (Å²) in [5.41, 5.74) is 3.02. The Hall–Kier alpha value is -2.74. The van der Waals surface area contributed by atoms with E-state index in [0.29, 0.717) is 17.3 Å². The van der Waals surface area contributed by atoms with E-state index in [2.05, 4.69) is 34.1 Å². The van der Waals surface area contributed by atoms with Crippen LogP contribution in [0.2, 0.25) is 0 Å². The van der Waals surface area contributed by atoms with Gasteiger partial charge in [0.15, 0.2) is 0 Å². The summed E-state index contributed by atoms with van der Waals surface area (Å²) in [7, 11) is -3.67. The second kappa shape index (κ2) is 6.64. The van der Waals surface area contributed by atoms with E-state index in [9.17, 15) is 8.42 Å². The number of aromatic nitrogens is 4. The highest BCUT2D eigenvalue weighted by Crippen LogP contribution is 2.25. The molecule has 0 amide bonds. The lowest BCUT2D eigenvalue weighted by atomic mass is 10.0. The standard InChI is InChI=1S/C17H19N5O2S/c1-12(2)14-7-9-15(10-8-14)25(23,24)19-16-5-4-6-17(13(16)3)22-11-18-20-21-22/h4-12,19H,1-3H3. The monoisotopic (exact) mass is 357 g/mol. The maximum atomic E-state index is 12.7. The Morgan fingerprint density at radius 3 is 2.40 bits per heavy atom. The lowest BCUT2D eigenvalue weighted by molar-refractivity contribution is 0.601. The van der Waals surface area contributed by atoms with Crippen molar-refractivity contribution >= 4 is 15.7 Å². The van der Waals surface area contributed by atoms with Crippen LogP contribution in [0.4, 0.5) is 5.69 Å². The summed E-state index contributed by atoms with van der Waals surface area (Å²) in [6, 6.07) is 12.2. The van der Waals surface area contributed by atoms with Crippen molar-refractivity contribution < 1.29 is 8.42 Å². The van der Waals surface area contributed by atoms with E-state index in [1.54, 1.807) is 24.3 Å². The van der Waals surface area contributed by atoms with E-state index >= 15 is 0 Å². The number of hydrogen-bond donors (Lipinski definition) is 1. The Labute approximate surface area is 146 Å². The second-order valence-electron chi connectivity index (χ2n) is 6.03. The molecule has 0 aliphatic carbocycles. The largest absolute Gasteiger partial charge is 0.279 e. The highest BCUT2D eigenvalue weighted by molar-refractivity contribution is 7.92. The van der Waals surface area contributed by atoms with Crippen LogP contribution in [0, 0.1) is 6.92 Å². The number of tetrazole rings is 1. The van der Waals surface area contributed by atoms with Gasteiger partial charge in [0.2, 0.25) is 0 Å². The van der Waals surface area contributed by atoms with Crippen LogP contribution in [0.15, 0.2) is 53.7 Å². The molecule has 0 saturated carbocycles. The van der Waals surface area contributed by atoms with Crippen LogP contribution in [0.5, 0.6) is 0 Å². The van der Waals surface area contributed by atoms with E-state index in [1.807, 2.05) is 25.1 Å². The molecule has 130 valence electrons. The zero-order valence-electron chi connectivity index (χ0n) is 14.2. The van der Waals surface area contributed by atoms with Gasteiger partial charge in [-0.15, -0.1) is 5.10 Å². The molecule has 8 heteroatoms. The quantitative estimate of drug-likeness (QED) is 0.758. The van der Waals surface area contributed by atoms with Gasteiger partial charge in [-0.1, -0.05) is 32.0 Å². The van der Waals surface area contributed by atoms with E-state index in [4.69, 9.17) is 0 Å². The smallest absolute Gasteiger partial charge is 0.261 e. The topological polar surface area (TPSA) is 89.8 Å². The minimum Gasteiger partial charge on any atom is -0.279 e.